The molecule has 1 N–H and O–H groups in total. The Bertz CT molecular complexity index is 994. The van der Waals surface area contributed by atoms with E-state index in [1.807, 2.05) is 0 Å². The number of thiazole rings is 1. The Morgan fingerprint density at radius 3 is 2.69 bits per heavy atom. The number of carbonyl (C=O) groups excluding carboxylic acids is 1. The van der Waals surface area contributed by atoms with Gasteiger partial charge in [0.25, 0.3) is 11.1 Å². The van der Waals surface area contributed by atoms with Gasteiger partial charge in [0.05, 0.1) is 18.1 Å². The summed E-state index contributed by atoms with van der Waals surface area (Å²) >= 11 is 1.16. The molecule has 1 amide bonds. The Balaban J connectivity index is 1.15. The Morgan fingerprint density at radius 2 is 2.00 bits per heavy atom. The minimum atomic E-state index is -4.39. The lowest BCUT2D eigenvalue weighted by Crippen LogP contribution is -2.44. The number of rotatable bonds is 9. The summed E-state index contributed by atoms with van der Waals surface area (Å²) in [6.45, 7) is 0.557. The molecule has 0 saturated heterocycles. The van der Waals surface area contributed by atoms with Crippen LogP contribution in [-0.2, 0) is 24.7 Å². The minimum Gasteiger partial charge on any atom is -0.480 e. The fourth-order valence-corrected chi connectivity index (χ4v) is 5.54. The van der Waals surface area contributed by atoms with Gasteiger partial charge in [0.1, 0.15) is 5.67 Å². The first-order valence-corrected chi connectivity index (χ1v) is 12.9. The predicted octanol–water partition coefficient (Wildman–Crippen LogP) is 3.45. The fourth-order valence-electron chi connectivity index (χ4n) is 4.59. The normalized spacial score (nSPS) is 23.1. The van der Waals surface area contributed by atoms with Gasteiger partial charge in [0.15, 0.2) is 19.0 Å². The summed E-state index contributed by atoms with van der Waals surface area (Å²) < 4.78 is 64.3. The second-order valence-electron chi connectivity index (χ2n) is 9.48. The average Bonchev–Trinajstić information content (AvgIpc) is 3.37. The molecule has 0 atom stereocenters. The lowest BCUT2D eigenvalue weighted by Gasteiger charge is -2.35. The first-order chi connectivity index (χ1) is 17.1. The number of aryl methyl sites for hydroxylation is 1. The summed E-state index contributed by atoms with van der Waals surface area (Å²) in [5.74, 6) is 0.293. The quantitative estimate of drug-likeness (QED) is 0.498. The summed E-state index contributed by atoms with van der Waals surface area (Å²) in [5.41, 5.74) is -0.486. The number of nitrogens with zero attached hydrogens (tertiary/aromatic N) is 4. The van der Waals surface area contributed by atoms with Crippen LogP contribution < -0.4 is 14.8 Å². The molecule has 0 radical (unpaired) electrons. The van der Waals surface area contributed by atoms with Gasteiger partial charge in [-0.2, -0.15) is 18.3 Å². The molecule has 0 bridgehead atoms. The highest BCUT2D eigenvalue weighted by molar-refractivity contribution is 7.13. The molecular weight excluding hydrogens is 502 g/mol. The predicted molar refractivity (Wildman–Crippen MR) is 125 cm³/mol. The van der Waals surface area contributed by atoms with Crippen LogP contribution in [0.5, 0.6) is 10.9 Å². The third-order valence-corrected chi connectivity index (χ3v) is 7.68. The van der Waals surface area contributed by atoms with Crippen molar-refractivity contribution in [2.45, 2.75) is 62.8 Å². The fraction of sp³-hybridized carbons (Fsp3) is 0.696. The number of fused-ring (bicyclic) bond motifs is 1. The van der Waals surface area contributed by atoms with Crippen molar-refractivity contribution in [1.82, 2.24) is 25.0 Å². The summed E-state index contributed by atoms with van der Waals surface area (Å²) in [6, 6.07) is -0.0621. The zero-order valence-electron chi connectivity index (χ0n) is 20.2. The first kappa shape index (κ1) is 26.6. The van der Waals surface area contributed by atoms with Gasteiger partial charge in [0, 0.05) is 44.0 Å². The van der Waals surface area contributed by atoms with Crippen LogP contribution in [0.3, 0.4) is 0 Å². The van der Waals surface area contributed by atoms with Gasteiger partial charge in [-0.05, 0) is 38.5 Å². The third-order valence-electron chi connectivity index (χ3n) is 6.61. The van der Waals surface area contributed by atoms with Crippen molar-refractivity contribution >= 4 is 17.2 Å². The van der Waals surface area contributed by atoms with E-state index in [-0.39, 0.29) is 23.7 Å². The zero-order chi connectivity index (χ0) is 25.8. The molecule has 0 aromatic carbocycles. The van der Waals surface area contributed by atoms with Crippen molar-refractivity contribution in [3.8, 4) is 10.9 Å². The second-order valence-corrected chi connectivity index (χ2v) is 10.5. The zero-order valence-corrected chi connectivity index (χ0v) is 21.0. The van der Waals surface area contributed by atoms with Gasteiger partial charge in [-0.1, -0.05) is 11.3 Å². The number of amides is 1. The number of alkyl halides is 4. The van der Waals surface area contributed by atoms with E-state index < -0.39 is 18.5 Å². The maximum absolute atomic E-state index is 15.5. The standard InChI is InChI=1S/C23H31F4N5O3S/c1-31-13-17(12-28-31)34-14-20(33)29-16-2-6-22(24,7-3-16)8-11-32-9-4-18-19(5-10-32)36-21(30-18)35-15-23(25,26)27/h12-13,16H,2-11,14-15H2,1H3,(H,29,33). The number of aromatic nitrogens is 3. The van der Waals surface area contributed by atoms with E-state index in [9.17, 15) is 18.0 Å². The maximum Gasteiger partial charge on any atom is 0.422 e. The van der Waals surface area contributed by atoms with Gasteiger partial charge < -0.3 is 19.7 Å². The Hall–Kier alpha value is -2.41. The van der Waals surface area contributed by atoms with Crippen molar-refractivity contribution in [2.75, 3.05) is 32.8 Å². The van der Waals surface area contributed by atoms with Crippen LogP contribution in [0.25, 0.3) is 0 Å². The van der Waals surface area contributed by atoms with Crippen LogP contribution in [0.1, 0.15) is 42.7 Å². The monoisotopic (exact) mass is 533 g/mol. The molecule has 1 aliphatic heterocycles. The van der Waals surface area contributed by atoms with Crippen molar-refractivity contribution in [3.63, 3.8) is 0 Å². The molecule has 36 heavy (non-hydrogen) atoms. The SMILES string of the molecule is Cn1cc(OCC(=O)NC2CCC(F)(CCN3CCc4nc(OCC(F)(F)F)sc4CC3)CC2)cn1. The van der Waals surface area contributed by atoms with E-state index in [4.69, 9.17) is 9.47 Å². The Kier molecular flexibility index (Phi) is 8.38. The molecule has 1 saturated carbocycles. The molecule has 2 aromatic heterocycles. The number of nitrogens with one attached hydrogen (secondary N) is 1. The van der Waals surface area contributed by atoms with Gasteiger partial charge in [-0.3, -0.25) is 9.48 Å². The molecule has 200 valence electrons. The van der Waals surface area contributed by atoms with E-state index in [1.165, 1.54) is 6.20 Å². The molecule has 4 rings (SSSR count). The molecule has 0 spiro atoms. The third kappa shape index (κ3) is 7.79. The highest BCUT2D eigenvalue weighted by atomic mass is 32.1. The molecule has 1 fully saturated rings. The summed E-state index contributed by atoms with van der Waals surface area (Å²) in [5, 5.41) is 6.97. The van der Waals surface area contributed by atoms with E-state index in [0.717, 1.165) is 21.9 Å². The van der Waals surface area contributed by atoms with Crippen molar-refractivity contribution in [2.24, 2.45) is 7.05 Å². The Morgan fingerprint density at radius 1 is 1.25 bits per heavy atom. The molecular formula is C23H31F4N5O3S. The van der Waals surface area contributed by atoms with Crippen LogP contribution >= 0.6 is 11.3 Å². The highest BCUT2D eigenvalue weighted by Gasteiger charge is 2.36. The molecule has 3 heterocycles. The van der Waals surface area contributed by atoms with E-state index in [0.29, 0.717) is 70.3 Å². The summed E-state index contributed by atoms with van der Waals surface area (Å²) in [6.07, 6.45) is 2.46. The lowest BCUT2D eigenvalue weighted by molar-refractivity contribution is -0.153. The number of hydrogen-bond acceptors (Lipinski definition) is 7. The van der Waals surface area contributed by atoms with Gasteiger partial charge in [0.2, 0.25) is 0 Å². The van der Waals surface area contributed by atoms with Crippen LogP contribution in [-0.4, -0.2) is 76.3 Å². The van der Waals surface area contributed by atoms with E-state index >= 15 is 4.39 Å². The van der Waals surface area contributed by atoms with Gasteiger partial charge >= 0.3 is 6.18 Å². The largest absolute Gasteiger partial charge is 0.480 e. The lowest BCUT2D eigenvalue weighted by atomic mass is 9.81. The minimum absolute atomic E-state index is 0.0565. The van der Waals surface area contributed by atoms with Crippen LogP contribution in [0.4, 0.5) is 17.6 Å². The van der Waals surface area contributed by atoms with E-state index in [2.05, 4.69) is 20.3 Å². The summed E-state index contributed by atoms with van der Waals surface area (Å²) in [7, 11) is 1.76. The highest BCUT2D eigenvalue weighted by Crippen LogP contribution is 2.36. The second kappa shape index (κ2) is 11.3. The Labute approximate surface area is 211 Å². The molecule has 1 aliphatic carbocycles. The molecule has 2 aliphatic rings. The topological polar surface area (TPSA) is 81.5 Å². The van der Waals surface area contributed by atoms with Gasteiger partial charge in [-0.15, -0.1) is 0 Å². The maximum atomic E-state index is 15.5. The molecule has 0 unspecified atom stereocenters. The van der Waals surface area contributed by atoms with Crippen LogP contribution in [0, 0.1) is 0 Å². The first-order valence-electron chi connectivity index (χ1n) is 12.1. The van der Waals surface area contributed by atoms with E-state index in [1.54, 1.807) is 17.9 Å². The van der Waals surface area contributed by atoms with Crippen LogP contribution in [0.2, 0.25) is 0 Å². The number of ether oxygens (including phenoxy) is 2. The van der Waals surface area contributed by atoms with Crippen LogP contribution in [0.15, 0.2) is 12.4 Å². The molecule has 13 heteroatoms. The number of hydrogen-bond donors (Lipinski definition) is 1. The number of carbonyl (C=O) groups is 1. The van der Waals surface area contributed by atoms with Gasteiger partial charge in [-0.25, -0.2) is 9.37 Å². The average molecular weight is 534 g/mol. The van der Waals surface area contributed by atoms with Crippen molar-refractivity contribution in [3.05, 3.63) is 23.0 Å². The van der Waals surface area contributed by atoms with Crippen molar-refractivity contribution in [1.29, 1.82) is 0 Å². The summed E-state index contributed by atoms with van der Waals surface area (Å²) in [4.78, 5) is 19.5. The number of halogens is 4. The van der Waals surface area contributed by atoms with Crippen molar-refractivity contribution < 1.29 is 31.8 Å². The smallest absolute Gasteiger partial charge is 0.422 e. The molecule has 8 nitrogen and oxygen atoms in total. The molecule has 2 aromatic rings.